The quantitative estimate of drug-likeness (QED) is 0.292. The number of hydrogen-bond acceptors (Lipinski definition) is 7. The van der Waals surface area contributed by atoms with E-state index in [0.717, 1.165) is 24.0 Å². The Hall–Kier alpha value is -2.83. The van der Waals surface area contributed by atoms with Gasteiger partial charge in [0.1, 0.15) is 18.3 Å². The van der Waals surface area contributed by atoms with E-state index < -0.39 is 23.0 Å². The molecule has 0 bridgehead atoms. The number of rotatable bonds is 3. The zero-order chi connectivity index (χ0) is 27.0. The highest BCUT2D eigenvalue weighted by atomic mass is 16.6. The number of carbonyl (C=O) groups is 3. The fraction of sp³-hybridized carbons (Fsp3) is 0.633. The monoisotopic (exact) mass is 510 g/mol. The number of furan rings is 1. The second kappa shape index (κ2) is 8.34. The van der Waals surface area contributed by atoms with Gasteiger partial charge in [0.25, 0.3) is 0 Å². The number of esters is 3. The molecule has 0 spiro atoms. The van der Waals surface area contributed by atoms with Crippen molar-refractivity contribution in [2.45, 2.75) is 86.0 Å². The number of ether oxygens (including phenoxy) is 3. The van der Waals surface area contributed by atoms with E-state index in [1.807, 2.05) is 12.1 Å². The van der Waals surface area contributed by atoms with Gasteiger partial charge < -0.3 is 18.6 Å². The zero-order valence-electron chi connectivity index (χ0n) is 22.8. The summed E-state index contributed by atoms with van der Waals surface area (Å²) in [4.78, 5) is 37.4. The molecule has 2 unspecified atom stereocenters. The predicted octanol–water partition coefficient (Wildman–Crippen LogP) is 5.71. The van der Waals surface area contributed by atoms with Crippen LogP contribution in [0.4, 0.5) is 0 Å². The van der Waals surface area contributed by atoms with Crippen molar-refractivity contribution in [1.82, 2.24) is 0 Å². The molecule has 2 fully saturated rings. The Kier molecular flexibility index (Phi) is 5.81. The summed E-state index contributed by atoms with van der Waals surface area (Å²) < 4.78 is 23.1. The molecule has 1 aliphatic heterocycles. The Morgan fingerprint density at radius 2 is 1.73 bits per heavy atom. The maximum atomic E-state index is 13.0. The number of carbonyl (C=O) groups excluding carboxylic acids is 3. The molecule has 0 N–H and O–H groups in total. The molecule has 200 valence electrons. The lowest BCUT2D eigenvalue weighted by atomic mass is 9.38. The summed E-state index contributed by atoms with van der Waals surface area (Å²) in [5.41, 5.74) is 0.0988. The van der Waals surface area contributed by atoms with E-state index in [2.05, 4.69) is 40.7 Å². The van der Waals surface area contributed by atoms with Gasteiger partial charge in [0, 0.05) is 41.7 Å². The maximum Gasteiger partial charge on any atom is 0.331 e. The van der Waals surface area contributed by atoms with Gasteiger partial charge in [-0.3, -0.25) is 9.59 Å². The third-order valence-corrected chi connectivity index (χ3v) is 10.3. The fourth-order valence-corrected chi connectivity index (χ4v) is 8.66. The van der Waals surface area contributed by atoms with Crippen LogP contribution in [0.15, 0.2) is 46.8 Å². The van der Waals surface area contributed by atoms with Crippen LogP contribution < -0.4 is 0 Å². The van der Waals surface area contributed by atoms with E-state index in [4.69, 9.17) is 18.6 Å². The summed E-state index contributed by atoms with van der Waals surface area (Å²) in [6.45, 7) is 13.8. The van der Waals surface area contributed by atoms with E-state index in [-0.39, 0.29) is 46.7 Å². The third-order valence-electron chi connectivity index (χ3n) is 10.3. The van der Waals surface area contributed by atoms with Crippen molar-refractivity contribution >= 4 is 17.9 Å². The highest BCUT2D eigenvalue weighted by molar-refractivity contribution is 5.85. The molecule has 2 heterocycles. The summed E-state index contributed by atoms with van der Waals surface area (Å²) >= 11 is 0. The van der Waals surface area contributed by atoms with Gasteiger partial charge >= 0.3 is 17.9 Å². The molecule has 5 rings (SSSR count). The molecule has 37 heavy (non-hydrogen) atoms. The van der Waals surface area contributed by atoms with Gasteiger partial charge in [0.2, 0.25) is 0 Å². The lowest BCUT2D eigenvalue weighted by Gasteiger charge is -2.68. The maximum absolute atomic E-state index is 13.0. The Morgan fingerprint density at radius 1 is 1.03 bits per heavy atom. The van der Waals surface area contributed by atoms with E-state index >= 15 is 0 Å². The summed E-state index contributed by atoms with van der Waals surface area (Å²) in [6, 6.07) is 1.85. The van der Waals surface area contributed by atoms with Crippen molar-refractivity contribution in [2.75, 3.05) is 0 Å². The van der Waals surface area contributed by atoms with Crippen LogP contribution in [-0.2, 0) is 28.6 Å². The zero-order valence-corrected chi connectivity index (χ0v) is 22.8. The molecule has 0 amide bonds. The van der Waals surface area contributed by atoms with Crippen LogP contribution >= 0.6 is 0 Å². The molecule has 1 aromatic rings. The van der Waals surface area contributed by atoms with Gasteiger partial charge in [0.05, 0.1) is 12.5 Å². The van der Waals surface area contributed by atoms with Crippen molar-refractivity contribution in [3.63, 3.8) is 0 Å². The number of allylic oxidation sites excluding steroid dienone is 1. The van der Waals surface area contributed by atoms with Crippen LogP contribution in [0.3, 0.4) is 0 Å². The minimum absolute atomic E-state index is 0.0851. The van der Waals surface area contributed by atoms with Crippen LogP contribution in [0.25, 0.3) is 0 Å². The Labute approximate surface area is 218 Å². The van der Waals surface area contributed by atoms with E-state index in [0.29, 0.717) is 6.42 Å². The summed E-state index contributed by atoms with van der Waals surface area (Å²) in [5, 5.41) is 0. The molecule has 0 aromatic carbocycles. The number of fused-ring (bicyclic) bond motifs is 5. The first-order chi connectivity index (χ1) is 17.2. The molecule has 8 atom stereocenters. The molecular formula is C30H38O7. The first-order valence-corrected chi connectivity index (χ1v) is 13.2. The number of hydrogen-bond donors (Lipinski definition) is 0. The fourth-order valence-electron chi connectivity index (χ4n) is 8.66. The van der Waals surface area contributed by atoms with Crippen LogP contribution in [-0.4, -0.2) is 30.1 Å². The Morgan fingerprint density at radius 3 is 2.35 bits per heavy atom. The molecular weight excluding hydrogens is 472 g/mol. The largest absolute Gasteiger partial charge is 0.472 e. The van der Waals surface area contributed by atoms with E-state index in [1.165, 1.54) is 13.8 Å². The first-order valence-electron chi connectivity index (χ1n) is 13.2. The van der Waals surface area contributed by atoms with Crippen molar-refractivity contribution in [3.8, 4) is 0 Å². The summed E-state index contributed by atoms with van der Waals surface area (Å²) in [7, 11) is 0. The minimum atomic E-state index is -0.597. The smallest absolute Gasteiger partial charge is 0.331 e. The van der Waals surface area contributed by atoms with Crippen LogP contribution in [0.5, 0.6) is 0 Å². The SMILES string of the molecule is CC(=O)O[C@H]1CC2C(C)(C)[C@H](OC(C)=O)C=C[C@@]2(C)C2CC[C@@]3(C)C(=CC(=O)O[C@@H]3c3ccoc3)[C@]21C. The van der Waals surface area contributed by atoms with Crippen LogP contribution in [0.2, 0.25) is 0 Å². The average molecular weight is 511 g/mol. The molecule has 0 saturated heterocycles. The van der Waals surface area contributed by atoms with E-state index in [1.54, 1.807) is 18.6 Å². The van der Waals surface area contributed by atoms with Gasteiger partial charge in [0.15, 0.2) is 0 Å². The minimum Gasteiger partial charge on any atom is -0.472 e. The third kappa shape index (κ3) is 3.63. The highest BCUT2D eigenvalue weighted by Crippen LogP contribution is 2.72. The highest BCUT2D eigenvalue weighted by Gasteiger charge is 2.69. The lowest BCUT2D eigenvalue weighted by Crippen LogP contribution is -2.65. The van der Waals surface area contributed by atoms with Crippen LogP contribution in [0, 0.1) is 33.5 Å². The first kappa shape index (κ1) is 25.8. The van der Waals surface area contributed by atoms with Crippen LogP contribution in [0.1, 0.15) is 79.4 Å². The topological polar surface area (TPSA) is 92.0 Å². The van der Waals surface area contributed by atoms with Gasteiger partial charge in [-0.15, -0.1) is 0 Å². The van der Waals surface area contributed by atoms with Crippen molar-refractivity contribution in [2.24, 2.45) is 33.5 Å². The Balaban J connectivity index is 1.66. The van der Waals surface area contributed by atoms with Crippen molar-refractivity contribution in [1.29, 1.82) is 0 Å². The van der Waals surface area contributed by atoms with E-state index in [9.17, 15) is 14.4 Å². The summed E-state index contributed by atoms with van der Waals surface area (Å²) in [6.07, 6.45) is 10.1. The molecule has 7 nitrogen and oxygen atoms in total. The molecule has 1 aromatic heterocycles. The summed E-state index contributed by atoms with van der Waals surface area (Å²) in [5.74, 6) is -0.863. The lowest BCUT2D eigenvalue weighted by molar-refractivity contribution is -0.204. The number of cyclic esters (lactones) is 1. The second-order valence-electron chi connectivity index (χ2n) is 12.7. The van der Waals surface area contributed by atoms with Gasteiger partial charge in [-0.25, -0.2) is 4.79 Å². The van der Waals surface area contributed by atoms with Gasteiger partial charge in [-0.05, 0) is 54.2 Å². The molecule has 2 saturated carbocycles. The van der Waals surface area contributed by atoms with Crippen molar-refractivity contribution < 1.29 is 33.0 Å². The molecule has 0 radical (unpaired) electrons. The van der Waals surface area contributed by atoms with Crippen molar-refractivity contribution in [3.05, 3.63) is 48.0 Å². The van der Waals surface area contributed by atoms with Gasteiger partial charge in [-0.2, -0.15) is 0 Å². The second-order valence-corrected chi connectivity index (χ2v) is 12.7. The average Bonchev–Trinajstić information content (AvgIpc) is 3.32. The standard InChI is InChI=1S/C30H38O7/c1-17(31)35-23-9-12-28(5)20-8-11-29(6)22(15-25(33)37-26(29)19-10-13-34-16-19)30(20,7)24(36-18(2)32)14-21(28)27(23,3)4/h9-10,12-13,15-16,20-21,23-24,26H,8,11,14H2,1-7H3/t20?,21?,23-,24+,26-,28+,29+,30+/m1/s1. The van der Waals surface area contributed by atoms with Gasteiger partial charge in [-0.1, -0.05) is 40.7 Å². The molecule has 7 heteroatoms. The molecule has 3 aliphatic carbocycles. The molecule has 4 aliphatic rings. The Bertz CT molecular complexity index is 1180. The normalized spacial score (nSPS) is 41.9. The predicted molar refractivity (Wildman–Crippen MR) is 135 cm³/mol.